The third-order valence-corrected chi connectivity index (χ3v) is 8.46. The number of ether oxygens (including phenoxy) is 2. The first-order valence-electron chi connectivity index (χ1n) is 11.4. The number of anilines is 1. The highest BCUT2D eigenvalue weighted by Crippen LogP contribution is 2.31. The largest absolute Gasteiger partial charge is 0.493 e. The number of hydrazone groups is 1. The minimum atomic E-state index is -3.56. The van der Waals surface area contributed by atoms with E-state index in [1.54, 1.807) is 42.9 Å². The standard InChI is InChI=1S/C25H30N4O4S2/c1-17-10-18(2)15-29(14-17)35(30,31)21-7-5-6-20(12-21)22-16-34-25(27-22)28-26-13-19-8-9-23(32-3)24(11-19)33-4/h5-9,11-13,16-18H,10,14-15H2,1-4H3,(H,27,28)/b26-13+. The van der Waals surface area contributed by atoms with Gasteiger partial charge in [0.1, 0.15) is 0 Å². The molecular formula is C25H30N4O4S2. The zero-order valence-electron chi connectivity index (χ0n) is 20.3. The highest BCUT2D eigenvalue weighted by atomic mass is 32.2. The predicted octanol–water partition coefficient (Wildman–Crippen LogP) is 4.94. The van der Waals surface area contributed by atoms with E-state index in [9.17, 15) is 8.42 Å². The van der Waals surface area contributed by atoms with Gasteiger partial charge in [-0.2, -0.15) is 9.41 Å². The quantitative estimate of drug-likeness (QED) is 0.338. The molecule has 8 nitrogen and oxygen atoms in total. The maximum atomic E-state index is 13.3. The molecule has 1 aliphatic heterocycles. The molecule has 0 saturated carbocycles. The number of thiazole rings is 1. The van der Waals surface area contributed by atoms with Crippen LogP contribution in [0, 0.1) is 11.8 Å². The summed E-state index contributed by atoms with van der Waals surface area (Å²) >= 11 is 1.39. The molecule has 4 rings (SSSR count). The second-order valence-corrected chi connectivity index (χ2v) is 11.6. The van der Waals surface area contributed by atoms with E-state index in [1.165, 1.54) is 11.3 Å². The first-order chi connectivity index (χ1) is 16.8. The molecule has 1 aliphatic rings. The van der Waals surface area contributed by atoms with Gasteiger partial charge >= 0.3 is 0 Å². The Labute approximate surface area is 210 Å². The number of piperidine rings is 1. The molecule has 1 aromatic heterocycles. The fraction of sp³-hybridized carbons (Fsp3) is 0.360. The molecule has 3 aromatic rings. The summed E-state index contributed by atoms with van der Waals surface area (Å²) in [5.41, 5.74) is 5.21. The molecule has 0 spiro atoms. The van der Waals surface area contributed by atoms with E-state index in [0.717, 1.165) is 17.5 Å². The van der Waals surface area contributed by atoms with E-state index >= 15 is 0 Å². The van der Waals surface area contributed by atoms with E-state index in [-0.39, 0.29) is 0 Å². The third kappa shape index (κ3) is 5.83. The van der Waals surface area contributed by atoms with Gasteiger partial charge < -0.3 is 9.47 Å². The highest BCUT2D eigenvalue weighted by Gasteiger charge is 2.31. The van der Waals surface area contributed by atoms with Crippen molar-refractivity contribution in [3.05, 3.63) is 53.4 Å². The van der Waals surface area contributed by atoms with Gasteiger partial charge in [-0.05, 0) is 54.2 Å². The maximum absolute atomic E-state index is 13.3. The van der Waals surface area contributed by atoms with Crippen molar-refractivity contribution in [2.75, 3.05) is 32.7 Å². The molecule has 2 unspecified atom stereocenters. The number of rotatable bonds is 8. The normalized spacial score (nSPS) is 19.1. The number of aromatic nitrogens is 1. The van der Waals surface area contributed by atoms with Crippen molar-refractivity contribution >= 4 is 32.7 Å². The van der Waals surface area contributed by atoms with Crippen LogP contribution < -0.4 is 14.9 Å². The van der Waals surface area contributed by atoms with Gasteiger partial charge in [0.15, 0.2) is 11.5 Å². The number of hydrogen-bond acceptors (Lipinski definition) is 8. The fourth-order valence-corrected chi connectivity index (χ4v) is 6.71. The summed E-state index contributed by atoms with van der Waals surface area (Å²) in [4.78, 5) is 4.87. The van der Waals surface area contributed by atoms with Crippen molar-refractivity contribution in [2.24, 2.45) is 16.9 Å². The average molecular weight is 515 g/mol. The van der Waals surface area contributed by atoms with E-state index in [1.807, 2.05) is 29.6 Å². The van der Waals surface area contributed by atoms with Gasteiger partial charge in [-0.3, -0.25) is 5.43 Å². The van der Waals surface area contributed by atoms with Crippen LogP contribution in [0.15, 0.2) is 57.8 Å². The molecule has 0 radical (unpaired) electrons. The van der Waals surface area contributed by atoms with Crippen molar-refractivity contribution in [3.63, 3.8) is 0 Å². The van der Waals surface area contributed by atoms with Gasteiger partial charge in [-0.25, -0.2) is 13.4 Å². The Morgan fingerprint density at radius 3 is 2.54 bits per heavy atom. The Morgan fingerprint density at radius 1 is 1.09 bits per heavy atom. The Hall–Kier alpha value is -2.95. The molecule has 10 heteroatoms. The van der Waals surface area contributed by atoms with Crippen LogP contribution in [0.25, 0.3) is 11.3 Å². The van der Waals surface area contributed by atoms with E-state index in [4.69, 9.17) is 9.47 Å². The molecule has 2 aromatic carbocycles. The highest BCUT2D eigenvalue weighted by molar-refractivity contribution is 7.89. The first kappa shape index (κ1) is 25.2. The maximum Gasteiger partial charge on any atom is 0.243 e. The summed E-state index contributed by atoms with van der Waals surface area (Å²) in [5.74, 6) is 1.97. The molecule has 1 saturated heterocycles. The Balaban J connectivity index is 1.47. The summed E-state index contributed by atoms with van der Waals surface area (Å²) in [5, 5.41) is 6.74. The Bertz CT molecular complexity index is 1300. The van der Waals surface area contributed by atoms with Crippen molar-refractivity contribution in [3.8, 4) is 22.8 Å². The molecule has 1 fully saturated rings. The predicted molar refractivity (Wildman–Crippen MR) is 140 cm³/mol. The number of methoxy groups -OCH3 is 2. The zero-order valence-corrected chi connectivity index (χ0v) is 21.9. The van der Waals surface area contributed by atoms with E-state index in [2.05, 4.69) is 29.4 Å². The second kappa shape index (κ2) is 10.8. The molecule has 0 bridgehead atoms. The van der Waals surface area contributed by atoms with E-state index < -0.39 is 10.0 Å². The SMILES string of the molecule is COc1ccc(/C=N/Nc2nc(-c3cccc(S(=O)(=O)N4CC(C)CC(C)C4)c3)cs2)cc1OC. The smallest absolute Gasteiger partial charge is 0.243 e. The lowest BCUT2D eigenvalue weighted by Gasteiger charge is -2.34. The van der Waals surface area contributed by atoms with Gasteiger partial charge in [-0.15, -0.1) is 11.3 Å². The molecule has 0 amide bonds. The lowest BCUT2D eigenvalue weighted by atomic mass is 9.94. The number of hydrogen-bond donors (Lipinski definition) is 1. The van der Waals surface area contributed by atoms with Gasteiger partial charge in [0.2, 0.25) is 15.2 Å². The van der Waals surface area contributed by atoms with Crippen LogP contribution in [0.5, 0.6) is 11.5 Å². The lowest BCUT2D eigenvalue weighted by Crippen LogP contribution is -2.42. The Kier molecular flexibility index (Phi) is 7.73. The van der Waals surface area contributed by atoms with Crippen LogP contribution in [0.2, 0.25) is 0 Å². The summed E-state index contributed by atoms with van der Waals surface area (Å²) in [6.07, 6.45) is 2.71. The third-order valence-electron chi connectivity index (χ3n) is 5.89. The summed E-state index contributed by atoms with van der Waals surface area (Å²) in [7, 11) is -0.381. The minimum Gasteiger partial charge on any atom is -0.493 e. The van der Waals surface area contributed by atoms with Crippen molar-refractivity contribution in [2.45, 2.75) is 25.2 Å². The topological polar surface area (TPSA) is 93.1 Å². The minimum absolute atomic E-state index is 0.297. The zero-order chi connectivity index (χ0) is 25.0. The number of nitrogens with one attached hydrogen (secondary N) is 1. The summed E-state index contributed by atoms with van der Waals surface area (Å²) < 4.78 is 38.8. The fourth-order valence-electron chi connectivity index (χ4n) is 4.32. The molecule has 0 aliphatic carbocycles. The van der Waals surface area contributed by atoms with Crippen LogP contribution in [0.3, 0.4) is 0 Å². The van der Waals surface area contributed by atoms with Crippen molar-refractivity contribution < 1.29 is 17.9 Å². The lowest BCUT2D eigenvalue weighted by molar-refractivity contribution is 0.222. The van der Waals surface area contributed by atoms with Gasteiger partial charge in [0, 0.05) is 24.0 Å². The van der Waals surface area contributed by atoms with E-state index in [0.29, 0.717) is 52.1 Å². The van der Waals surface area contributed by atoms with Gasteiger partial charge in [0.25, 0.3) is 0 Å². The van der Waals surface area contributed by atoms with Crippen LogP contribution >= 0.6 is 11.3 Å². The monoisotopic (exact) mass is 514 g/mol. The van der Waals surface area contributed by atoms with Crippen LogP contribution in [0.1, 0.15) is 25.8 Å². The number of benzene rings is 2. The van der Waals surface area contributed by atoms with Gasteiger partial charge in [0.05, 0.1) is 31.0 Å². The van der Waals surface area contributed by atoms with Crippen molar-refractivity contribution in [1.82, 2.24) is 9.29 Å². The van der Waals surface area contributed by atoms with Crippen LogP contribution in [-0.4, -0.2) is 51.2 Å². The Morgan fingerprint density at radius 2 is 1.83 bits per heavy atom. The summed E-state index contributed by atoms with van der Waals surface area (Å²) in [6, 6.07) is 12.5. The molecule has 186 valence electrons. The molecule has 2 atom stereocenters. The molecule has 2 heterocycles. The average Bonchev–Trinajstić information content (AvgIpc) is 3.32. The number of nitrogens with zero attached hydrogens (tertiary/aromatic N) is 3. The molecule has 35 heavy (non-hydrogen) atoms. The summed E-state index contributed by atoms with van der Waals surface area (Å²) in [6.45, 7) is 5.32. The molecular weight excluding hydrogens is 484 g/mol. The van der Waals surface area contributed by atoms with Crippen molar-refractivity contribution in [1.29, 1.82) is 0 Å². The first-order valence-corrected chi connectivity index (χ1v) is 13.7. The van der Waals surface area contributed by atoms with Gasteiger partial charge in [-0.1, -0.05) is 26.0 Å². The number of sulfonamides is 1. The van der Waals surface area contributed by atoms with Crippen LogP contribution in [0.4, 0.5) is 5.13 Å². The second-order valence-electron chi connectivity index (χ2n) is 8.82. The molecule has 1 N–H and O–H groups in total. The van der Waals surface area contributed by atoms with Crippen LogP contribution in [-0.2, 0) is 10.0 Å².